The largest absolute Gasteiger partial charge is 0.481 e. The van der Waals surface area contributed by atoms with Crippen LogP contribution in [0.4, 0.5) is 0 Å². The second-order valence-corrected chi connectivity index (χ2v) is 23.2. The van der Waals surface area contributed by atoms with Crippen LogP contribution in [0.1, 0.15) is 118 Å². The van der Waals surface area contributed by atoms with E-state index in [0.29, 0.717) is 5.56 Å². The highest BCUT2D eigenvalue weighted by Gasteiger charge is 2.41. The number of hydrogen-bond donors (Lipinski definition) is 19. The molecule has 0 aliphatic carbocycles. The van der Waals surface area contributed by atoms with Crippen LogP contribution >= 0.6 is 0 Å². The Hall–Kier alpha value is -9.41. The topological polar surface area (TPSA) is 602 Å². The molecular formula is C57H97N21O14. The van der Waals surface area contributed by atoms with Gasteiger partial charge in [0, 0.05) is 32.6 Å². The lowest BCUT2D eigenvalue weighted by molar-refractivity contribution is -0.144. The first-order chi connectivity index (χ1) is 43.2. The fourth-order valence-corrected chi connectivity index (χ4v) is 9.51. The number of carboxylic acids is 1. The lowest BCUT2D eigenvalue weighted by atomic mass is 10.00. The Morgan fingerprint density at radius 2 is 0.978 bits per heavy atom. The van der Waals surface area contributed by atoms with Gasteiger partial charge in [0.25, 0.3) is 0 Å². The average molecular weight is 1300 g/mol. The summed E-state index contributed by atoms with van der Waals surface area (Å²) in [5.41, 5.74) is 44.9. The number of primary amides is 1. The molecule has 1 aliphatic heterocycles. The van der Waals surface area contributed by atoms with Crippen molar-refractivity contribution in [2.24, 2.45) is 72.7 Å². The standard InChI is InChI=1S/C57H97N21O14/c1-29(2)24-39(75-46(84)31(5)70-53(91)41-19-13-23-78(41)54(92)44(32(6)79)77-50(88)35(16-10-20-66-55(60)61)71-42(80)28-69-47(85)34(58)27-43(81)82)51(89)73-37(18-12-22-68-57(64)65)49(87)76-40(25-30(3)4)52(90)72-36(17-11-21-67-56(62)63)48(86)74-38(45(59)83)26-33-14-8-7-9-15-33/h7-9,14-15,29-32,34-41,44,79H,10-13,16-28,58H2,1-6H3,(H2,59,83)(H,69,85)(H,70,91)(H,71,80)(H,72,90)(H,73,89)(H,74,86)(H,75,84)(H,76,87)(H,77,88)(H,81,82)(H4,60,61,66)(H4,62,63,67)(H4,64,65,68). The predicted octanol–water partition coefficient (Wildman–Crippen LogP) is -6.84. The number of hydrogen-bond acceptors (Lipinski definition) is 17. The second-order valence-electron chi connectivity index (χ2n) is 23.2. The molecule has 27 N–H and O–H groups in total. The number of aliphatic carboxylic acids is 1. The molecule has 1 aromatic rings. The van der Waals surface area contributed by atoms with Crippen molar-refractivity contribution in [1.82, 2.24) is 52.8 Å². The third-order valence-corrected chi connectivity index (χ3v) is 14.2. The Morgan fingerprint density at radius 1 is 0.554 bits per heavy atom. The van der Waals surface area contributed by atoms with Gasteiger partial charge in [0.05, 0.1) is 25.1 Å². The van der Waals surface area contributed by atoms with E-state index in [1.807, 2.05) is 0 Å². The monoisotopic (exact) mass is 1300 g/mol. The lowest BCUT2D eigenvalue weighted by Gasteiger charge is -2.31. The van der Waals surface area contributed by atoms with Crippen molar-refractivity contribution in [2.45, 2.75) is 185 Å². The Labute approximate surface area is 534 Å². The number of amides is 11. The molecule has 1 fully saturated rings. The number of carboxylic acid groups (broad SMARTS) is 1. The SMILES string of the molecule is CC(C)CC(NC(=O)C(C)NC(=O)C1CCCN1C(=O)C(NC(=O)C(CCCN=C(N)N)NC(=O)CNC(=O)C(N)CC(=O)O)C(C)O)C(=O)NC(CCCN=C(N)N)C(=O)NC(CC(C)C)C(=O)NC(CCCN=C(N)N)C(=O)NC(Cc1ccccc1)C(N)=O. The Bertz CT molecular complexity index is 2760. The van der Waals surface area contributed by atoms with Gasteiger partial charge >= 0.3 is 5.97 Å². The van der Waals surface area contributed by atoms with Crippen molar-refractivity contribution in [3.63, 3.8) is 0 Å². The maximum absolute atomic E-state index is 14.4. The van der Waals surface area contributed by atoms with Gasteiger partial charge in [-0.15, -0.1) is 0 Å². The normalized spacial score (nSPS) is 15.9. The van der Waals surface area contributed by atoms with Gasteiger partial charge in [-0.3, -0.25) is 72.5 Å². The number of carbonyl (C=O) groups excluding carboxylic acids is 11. The number of rotatable bonds is 41. The minimum absolute atomic E-state index is 0.0115. The first kappa shape index (κ1) is 78.7. The van der Waals surface area contributed by atoms with Gasteiger partial charge < -0.3 is 109 Å². The second kappa shape index (κ2) is 40.4. The third-order valence-electron chi connectivity index (χ3n) is 14.2. The van der Waals surface area contributed by atoms with Crippen molar-refractivity contribution in [2.75, 3.05) is 32.7 Å². The van der Waals surface area contributed by atoms with E-state index in [-0.39, 0.29) is 127 Å². The van der Waals surface area contributed by atoms with E-state index >= 15 is 0 Å². The number of aliphatic hydroxyl groups excluding tert-OH is 1. The van der Waals surface area contributed by atoms with E-state index in [1.54, 1.807) is 58.0 Å². The van der Waals surface area contributed by atoms with Crippen LogP contribution in [0, 0.1) is 11.8 Å². The summed E-state index contributed by atoms with van der Waals surface area (Å²) in [6.07, 6.45) is -1.61. The smallest absolute Gasteiger partial charge is 0.305 e. The quantitative estimate of drug-likeness (QED) is 0.0165. The maximum atomic E-state index is 14.4. The number of nitrogens with zero attached hydrogens (tertiary/aromatic N) is 4. The first-order valence-electron chi connectivity index (χ1n) is 30.4. The third kappa shape index (κ3) is 29.9. The number of guanidine groups is 3. The molecule has 35 heteroatoms. The average Bonchev–Trinajstić information content (AvgIpc) is 1.61. The van der Waals surface area contributed by atoms with Crippen molar-refractivity contribution in [3.05, 3.63) is 35.9 Å². The highest BCUT2D eigenvalue weighted by Crippen LogP contribution is 2.21. The van der Waals surface area contributed by atoms with E-state index in [0.717, 1.165) is 4.90 Å². The summed E-state index contributed by atoms with van der Waals surface area (Å²) in [6.45, 7) is 9.01. The number of nitrogens with two attached hydrogens (primary N) is 8. The molecule has 11 amide bonds. The molecule has 0 saturated carbocycles. The van der Waals surface area contributed by atoms with Gasteiger partial charge in [-0.2, -0.15) is 0 Å². The van der Waals surface area contributed by atoms with Crippen molar-refractivity contribution in [1.29, 1.82) is 0 Å². The molecule has 0 spiro atoms. The van der Waals surface area contributed by atoms with Gasteiger partial charge in [-0.25, -0.2) is 0 Å². The number of aliphatic imine (C=N–C) groups is 3. The summed E-state index contributed by atoms with van der Waals surface area (Å²) in [7, 11) is 0. The number of benzene rings is 1. The van der Waals surface area contributed by atoms with Gasteiger partial charge in [0.15, 0.2) is 17.9 Å². The maximum Gasteiger partial charge on any atom is 0.305 e. The van der Waals surface area contributed by atoms with E-state index < -0.39 is 150 Å². The Kier molecular flexibility index (Phi) is 34.5. The molecule has 1 aromatic carbocycles. The van der Waals surface area contributed by atoms with Gasteiger partial charge in [-0.05, 0) is 95.5 Å². The van der Waals surface area contributed by atoms with Crippen LogP contribution in [0.3, 0.4) is 0 Å². The Balaban J connectivity index is 2.36. The van der Waals surface area contributed by atoms with Crippen LogP contribution in [0.15, 0.2) is 45.3 Å². The molecule has 1 saturated heterocycles. The van der Waals surface area contributed by atoms with Crippen LogP contribution in [0.2, 0.25) is 0 Å². The molecule has 0 bridgehead atoms. The zero-order chi connectivity index (χ0) is 69.4. The van der Waals surface area contributed by atoms with Crippen molar-refractivity contribution >= 4 is 88.8 Å². The number of nitrogens with one attached hydrogen (secondary N) is 9. The molecule has 2 rings (SSSR count). The molecule has 0 radical (unpaired) electrons. The Morgan fingerprint density at radius 3 is 1.41 bits per heavy atom. The van der Waals surface area contributed by atoms with Crippen LogP contribution in [-0.4, -0.2) is 203 Å². The van der Waals surface area contributed by atoms with Crippen LogP contribution in [0.25, 0.3) is 0 Å². The van der Waals surface area contributed by atoms with Gasteiger partial charge in [0.1, 0.15) is 54.4 Å². The van der Waals surface area contributed by atoms with E-state index in [9.17, 15) is 62.6 Å². The lowest BCUT2D eigenvalue weighted by Crippen LogP contribution is -2.61. The summed E-state index contributed by atoms with van der Waals surface area (Å²) in [5, 5.41) is 42.8. The first-order valence-corrected chi connectivity index (χ1v) is 30.4. The molecule has 92 heavy (non-hydrogen) atoms. The molecular weight excluding hydrogens is 1200 g/mol. The zero-order valence-corrected chi connectivity index (χ0v) is 53.1. The minimum atomic E-state index is -1.69. The molecule has 11 atom stereocenters. The summed E-state index contributed by atoms with van der Waals surface area (Å²) >= 11 is 0. The van der Waals surface area contributed by atoms with Crippen LogP contribution in [-0.2, 0) is 64.0 Å². The van der Waals surface area contributed by atoms with Crippen LogP contribution in [0.5, 0.6) is 0 Å². The van der Waals surface area contributed by atoms with E-state index in [4.69, 9.17) is 51.0 Å². The number of likely N-dealkylation sites (tertiary alicyclic amines) is 1. The van der Waals surface area contributed by atoms with Crippen LogP contribution < -0.4 is 93.7 Å². The number of aliphatic hydroxyl groups is 1. The van der Waals surface area contributed by atoms with Crippen molar-refractivity contribution < 1.29 is 67.7 Å². The molecule has 514 valence electrons. The fourth-order valence-electron chi connectivity index (χ4n) is 9.51. The number of carbonyl (C=O) groups is 12. The molecule has 0 aromatic heterocycles. The minimum Gasteiger partial charge on any atom is -0.481 e. The van der Waals surface area contributed by atoms with E-state index in [1.165, 1.54) is 13.8 Å². The van der Waals surface area contributed by atoms with Gasteiger partial charge in [0.2, 0.25) is 65.0 Å². The summed E-state index contributed by atoms with van der Waals surface area (Å²) < 4.78 is 0. The van der Waals surface area contributed by atoms with E-state index in [2.05, 4.69) is 62.8 Å². The summed E-state index contributed by atoms with van der Waals surface area (Å²) in [6, 6.07) is -4.84. The predicted molar refractivity (Wildman–Crippen MR) is 339 cm³/mol. The van der Waals surface area contributed by atoms with Crippen molar-refractivity contribution in [3.8, 4) is 0 Å². The van der Waals surface area contributed by atoms with Gasteiger partial charge in [-0.1, -0.05) is 58.0 Å². The summed E-state index contributed by atoms with van der Waals surface area (Å²) in [4.78, 5) is 175. The molecule has 1 aliphatic rings. The molecule has 11 unspecified atom stereocenters. The molecule has 1 heterocycles. The highest BCUT2D eigenvalue weighted by atomic mass is 16.4. The fraction of sp³-hybridized carbons (Fsp3) is 0.632. The highest BCUT2D eigenvalue weighted by molar-refractivity contribution is 5.99. The zero-order valence-electron chi connectivity index (χ0n) is 53.1. The molecule has 35 nitrogen and oxygen atoms in total. The summed E-state index contributed by atoms with van der Waals surface area (Å²) in [5.74, 6) is -11.9.